The largest absolute Gasteiger partial charge is 0.354 e. The lowest BCUT2D eigenvalue weighted by Crippen LogP contribution is -2.47. The van der Waals surface area contributed by atoms with Gasteiger partial charge in [-0.1, -0.05) is 26.8 Å². The van der Waals surface area contributed by atoms with E-state index in [1.54, 1.807) is 0 Å². The number of carbonyl (C=O) groups excluding carboxylic acids is 1. The molecule has 2 aliphatic rings. The van der Waals surface area contributed by atoms with Crippen LogP contribution in [0.4, 0.5) is 5.82 Å². The van der Waals surface area contributed by atoms with Crippen LogP contribution in [0.2, 0.25) is 0 Å². The van der Waals surface area contributed by atoms with Crippen LogP contribution in [0.1, 0.15) is 46.5 Å². The van der Waals surface area contributed by atoms with Gasteiger partial charge < -0.3 is 9.80 Å². The van der Waals surface area contributed by atoms with Gasteiger partial charge in [0, 0.05) is 51.9 Å². The summed E-state index contributed by atoms with van der Waals surface area (Å²) in [4.78, 5) is 24.1. The quantitative estimate of drug-likeness (QED) is 0.795. The molecule has 150 valence electrons. The third-order valence-corrected chi connectivity index (χ3v) is 5.98. The summed E-state index contributed by atoms with van der Waals surface area (Å²) >= 11 is 0. The summed E-state index contributed by atoms with van der Waals surface area (Å²) in [7, 11) is 0. The molecule has 1 aromatic heterocycles. The summed E-state index contributed by atoms with van der Waals surface area (Å²) in [6.45, 7) is 13.9. The third-order valence-electron chi connectivity index (χ3n) is 5.98. The topological polar surface area (TPSA) is 39.7 Å². The van der Waals surface area contributed by atoms with E-state index in [4.69, 9.17) is 0 Å². The van der Waals surface area contributed by atoms with Crippen LogP contribution in [0.5, 0.6) is 0 Å². The average Bonchev–Trinajstić information content (AvgIpc) is 2.79. The summed E-state index contributed by atoms with van der Waals surface area (Å²) in [5.41, 5.74) is 0.243. The minimum atomic E-state index is 0.243. The van der Waals surface area contributed by atoms with Crippen molar-refractivity contribution in [2.24, 2.45) is 11.3 Å². The van der Waals surface area contributed by atoms with Crippen molar-refractivity contribution in [3.8, 4) is 0 Å². The summed E-state index contributed by atoms with van der Waals surface area (Å²) in [5, 5.41) is 0. The van der Waals surface area contributed by atoms with Crippen molar-refractivity contribution in [1.82, 2.24) is 14.8 Å². The predicted molar refractivity (Wildman–Crippen MR) is 111 cm³/mol. The molecule has 27 heavy (non-hydrogen) atoms. The number of aromatic nitrogens is 1. The van der Waals surface area contributed by atoms with Crippen LogP contribution in [-0.4, -0.2) is 66.5 Å². The first kappa shape index (κ1) is 20.1. The number of rotatable bonds is 5. The monoisotopic (exact) mass is 372 g/mol. The van der Waals surface area contributed by atoms with Crippen molar-refractivity contribution in [3.05, 3.63) is 24.4 Å². The van der Waals surface area contributed by atoms with Gasteiger partial charge in [0.15, 0.2) is 0 Å². The highest BCUT2D eigenvalue weighted by Gasteiger charge is 2.30. The molecule has 2 aliphatic heterocycles. The van der Waals surface area contributed by atoms with Gasteiger partial charge in [0.2, 0.25) is 5.91 Å². The van der Waals surface area contributed by atoms with E-state index in [-0.39, 0.29) is 5.41 Å². The van der Waals surface area contributed by atoms with Crippen LogP contribution in [-0.2, 0) is 4.79 Å². The van der Waals surface area contributed by atoms with Crippen LogP contribution in [0.15, 0.2) is 24.4 Å². The van der Waals surface area contributed by atoms with Gasteiger partial charge in [-0.15, -0.1) is 0 Å². The van der Waals surface area contributed by atoms with Gasteiger partial charge >= 0.3 is 0 Å². The van der Waals surface area contributed by atoms with E-state index in [9.17, 15) is 4.79 Å². The van der Waals surface area contributed by atoms with E-state index in [2.05, 4.69) is 46.5 Å². The average molecular weight is 373 g/mol. The standard InChI is InChI=1S/C22H36N4O/c1-19-9-12-26(18-22(2,3)17-19)21(27)8-6-11-24-13-15-25(16-14-24)20-7-4-5-10-23-20/h4-5,7,10,19H,6,8-9,11-18H2,1-3H3. The molecule has 0 saturated carbocycles. The molecule has 0 N–H and O–H groups in total. The molecular formula is C22H36N4O. The zero-order chi connectivity index (χ0) is 19.3. The number of pyridine rings is 1. The third kappa shape index (κ3) is 5.93. The molecule has 0 radical (unpaired) electrons. The number of anilines is 1. The fourth-order valence-electron chi connectivity index (χ4n) is 4.65. The highest BCUT2D eigenvalue weighted by Crippen LogP contribution is 2.31. The van der Waals surface area contributed by atoms with Crippen molar-refractivity contribution in [2.45, 2.75) is 46.5 Å². The van der Waals surface area contributed by atoms with Crippen molar-refractivity contribution in [2.75, 3.05) is 50.7 Å². The van der Waals surface area contributed by atoms with Crippen molar-refractivity contribution < 1.29 is 4.79 Å². The molecule has 0 aliphatic carbocycles. The molecule has 0 spiro atoms. The van der Waals surface area contributed by atoms with Gasteiger partial charge in [-0.3, -0.25) is 9.69 Å². The molecular weight excluding hydrogens is 336 g/mol. The Balaban J connectivity index is 1.38. The fourth-order valence-corrected chi connectivity index (χ4v) is 4.65. The van der Waals surface area contributed by atoms with Crippen molar-refractivity contribution >= 4 is 11.7 Å². The lowest BCUT2D eigenvalue weighted by molar-refractivity contribution is -0.132. The Morgan fingerprint density at radius 3 is 2.67 bits per heavy atom. The Hall–Kier alpha value is -1.62. The van der Waals surface area contributed by atoms with Crippen molar-refractivity contribution in [3.63, 3.8) is 0 Å². The minimum absolute atomic E-state index is 0.243. The Labute approximate surface area is 164 Å². The molecule has 2 fully saturated rings. The van der Waals surface area contributed by atoms with E-state index in [1.807, 2.05) is 18.3 Å². The Morgan fingerprint density at radius 2 is 1.96 bits per heavy atom. The summed E-state index contributed by atoms with van der Waals surface area (Å²) < 4.78 is 0. The Morgan fingerprint density at radius 1 is 1.19 bits per heavy atom. The highest BCUT2D eigenvalue weighted by molar-refractivity contribution is 5.76. The van der Waals surface area contributed by atoms with E-state index >= 15 is 0 Å². The SMILES string of the molecule is CC1CCN(C(=O)CCCN2CCN(c3ccccn3)CC2)CC(C)(C)C1. The zero-order valence-electron chi connectivity index (χ0n) is 17.4. The number of hydrogen-bond donors (Lipinski definition) is 0. The van der Waals surface area contributed by atoms with Crippen molar-refractivity contribution in [1.29, 1.82) is 0 Å². The number of likely N-dealkylation sites (tertiary alicyclic amines) is 1. The molecule has 0 bridgehead atoms. The predicted octanol–water partition coefficient (Wildman–Crippen LogP) is 3.27. The number of amides is 1. The fraction of sp³-hybridized carbons (Fsp3) is 0.727. The molecule has 3 rings (SSSR count). The van der Waals surface area contributed by atoms with Crippen LogP contribution in [0.25, 0.3) is 0 Å². The molecule has 0 aromatic carbocycles. The molecule has 1 amide bonds. The first-order valence-electron chi connectivity index (χ1n) is 10.6. The van der Waals surface area contributed by atoms with E-state index in [0.717, 1.165) is 64.5 Å². The lowest BCUT2D eigenvalue weighted by atomic mass is 9.83. The molecule has 2 saturated heterocycles. The second-order valence-electron chi connectivity index (χ2n) is 9.20. The summed E-state index contributed by atoms with van der Waals surface area (Å²) in [6, 6.07) is 6.09. The van der Waals surface area contributed by atoms with Gasteiger partial charge in [0.1, 0.15) is 5.82 Å². The highest BCUT2D eigenvalue weighted by atomic mass is 16.2. The first-order chi connectivity index (χ1) is 12.9. The molecule has 5 heteroatoms. The number of hydrogen-bond acceptors (Lipinski definition) is 4. The first-order valence-corrected chi connectivity index (χ1v) is 10.6. The normalized spacial score (nSPS) is 23.9. The maximum Gasteiger partial charge on any atom is 0.222 e. The molecule has 1 unspecified atom stereocenters. The second kappa shape index (κ2) is 9.05. The molecule has 1 atom stereocenters. The minimum Gasteiger partial charge on any atom is -0.354 e. The van der Waals surface area contributed by atoms with E-state index in [1.165, 1.54) is 6.42 Å². The second-order valence-corrected chi connectivity index (χ2v) is 9.20. The van der Waals surface area contributed by atoms with E-state index in [0.29, 0.717) is 18.2 Å². The van der Waals surface area contributed by atoms with Gasteiger partial charge in [-0.05, 0) is 49.3 Å². The van der Waals surface area contributed by atoms with Crippen LogP contribution in [0.3, 0.4) is 0 Å². The molecule has 5 nitrogen and oxygen atoms in total. The van der Waals surface area contributed by atoms with Crippen LogP contribution >= 0.6 is 0 Å². The van der Waals surface area contributed by atoms with E-state index < -0.39 is 0 Å². The maximum atomic E-state index is 12.7. The number of nitrogens with zero attached hydrogens (tertiary/aromatic N) is 4. The van der Waals surface area contributed by atoms with Crippen LogP contribution < -0.4 is 4.90 Å². The lowest BCUT2D eigenvalue weighted by Gasteiger charge is -2.35. The van der Waals surface area contributed by atoms with Crippen LogP contribution in [0, 0.1) is 11.3 Å². The number of carbonyl (C=O) groups is 1. The maximum absolute atomic E-state index is 12.7. The van der Waals surface area contributed by atoms with Gasteiger partial charge in [0.25, 0.3) is 0 Å². The smallest absolute Gasteiger partial charge is 0.222 e. The van der Waals surface area contributed by atoms with Gasteiger partial charge in [-0.2, -0.15) is 0 Å². The molecule has 1 aromatic rings. The Kier molecular flexibility index (Phi) is 6.74. The Bertz CT molecular complexity index is 596. The zero-order valence-corrected chi connectivity index (χ0v) is 17.4. The van der Waals surface area contributed by atoms with Gasteiger partial charge in [-0.25, -0.2) is 4.98 Å². The van der Waals surface area contributed by atoms with Gasteiger partial charge in [0.05, 0.1) is 0 Å². The number of piperazine rings is 1. The molecule has 3 heterocycles. The summed E-state index contributed by atoms with van der Waals surface area (Å²) in [6.07, 6.45) is 5.87. The summed E-state index contributed by atoms with van der Waals surface area (Å²) in [5.74, 6) is 2.14.